The molecule has 0 aromatic heterocycles. The Balaban J connectivity index is 3.13. The fourth-order valence-electron chi connectivity index (χ4n) is 0.511. The number of hydrogen-bond donors (Lipinski definition) is 2. The molecule has 0 saturated heterocycles. The normalized spacial score (nSPS) is 9.25. The summed E-state index contributed by atoms with van der Waals surface area (Å²) < 4.78 is 0. The number of hydrogen-bond acceptors (Lipinski definition) is 1. The summed E-state index contributed by atoms with van der Waals surface area (Å²) in [5.74, 6) is 0. The van der Waals surface area contributed by atoms with E-state index in [2.05, 4.69) is 18.4 Å². The second-order valence-electron chi connectivity index (χ2n) is 1.63. The predicted molar refractivity (Wildman–Crippen MR) is 36.2 cm³/mol. The maximum atomic E-state index is 4.14. The minimum absolute atomic E-state index is 0.951. The smallest absolute Gasteiger partial charge is 0.141 e. The van der Waals surface area contributed by atoms with Crippen LogP contribution in [0.2, 0.25) is 0 Å². The van der Waals surface area contributed by atoms with Gasteiger partial charge in [0, 0.05) is 6.07 Å². The molecule has 1 aromatic carbocycles. The maximum absolute atomic E-state index is 4.14. The molecule has 42 valence electrons. The minimum atomic E-state index is 0.951. The van der Waals surface area contributed by atoms with E-state index in [1.807, 2.05) is 24.3 Å². The molecule has 8 heavy (non-hydrogen) atoms. The lowest BCUT2D eigenvalue weighted by Crippen LogP contribution is -2.40. The first kappa shape index (κ1) is 5.66. The number of thiol groups is 1. The van der Waals surface area contributed by atoms with Crippen LogP contribution in [0, 0.1) is 0 Å². The summed E-state index contributed by atoms with van der Waals surface area (Å²) in [5, 5.41) is 0. The third kappa shape index (κ3) is 1.02. The van der Waals surface area contributed by atoms with Crippen molar-refractivity contribution in [1.29, 1.82) is 0 Å². The molecule has 0 atom stereocenters. The van der Waals surface area contributed by atoms with Crippen molar-refractivity contribution in [1.82, 2.24) is 0 Å². The van der Waals surface area contributed by atoms with Crippen molar-refractivity contribution in [2.24, 2.45) is 0 Å². The molecule has 0 bridgehead atoms. The van der Waals surface area contributed by atoms with Gasteiger partial charge >= 0.3 is 0 Å². The SMILES string of the molecule is [NH3+]c1ccccc1S. The van der Waals surface area contributed by atoms with Gasteiger partial charge in [-0.05, 0) is 6.07 Å². The van der Waals surface area contributed by atoms with E-state index in [1.165, 1.54) is 0 Å². The summed E-state index contributed by atoms with van der Waals surface area (Å²) in [4.78, 5) is 0.951. The Morgan fingerprint density at radius 1 is 1.25 bits per heavy atom. The van der Waals surface area contributed by atoms with Crippen molar-refractivity contribution in [3.05, 3.63) is 24.3 Å². The van der Waals surface area contributed by atoms with Gasteiger partial charge in [0.15, 0.2) is 0 Å². The first-order chi connectivity index (χ1) is 3.80. The highest BCUT2D eigenvalue weighted by Gasteiger charge is 1.90. The summed E-state index contributed by atoms with van der Waals surface area (Å²) in [6.45, 7) is 0. The van der Waals surface area contributed by atoms with Crippen LogP contribution in [0.3, 0.4) is 0 Å². The molecule has 0 spiro atoms. The van der Waals surface area contributed by atoms with Gasteiger partial charge in [-0.2, -0.15) is 0 Å². The van der Waals surface area contributed by atoms with Gasteiger partial charge < -0.3 is 5.73 Å². The number of rotatable bonds is 0. The van der Waals surface area contributed by atoms with Gasteiger partial charge in [0.1, 0.15) is 5.69 Å². The fraction of sp³-hybridized carbons (Fsp3) is 0. The standard InChI is InChI=1S/C6H7NS/c7-5-3-1-2-4-6(5)8/h1-4,8H,7H2/p+1. The van der Waals surface area contributed by atoms with Crippen molar-refractivity contribution in [3.63, 3.8) is 0 Å². The summed E-state index contributed by atoms with van der Waals surface area (Å²) >= 11 is 4.14. The molecule has 0 heterocycles. The molecule has 0 unspecified atom stereocenters. The van der Waals surface area contributed by atoms with E-state index in [-0.39, 0.29) is 0 Å². The summed E-state index contributed by atoms with van der Waals surface area (Å²) in [5.41, 5.74) is 4.73. The van der Waals surface area contributed by atoms with Crippen LogP contribution in [-0.2, 0) is 0 Å². The maximum Gasteiger partial charge on any atom is 0.141 e. The van der Waals surface area contributed by atoms with Gasteiger partial charge in [-0.25, -0.2) is 0 Å². The summed E-state index contributed by atoms with van der Waals surface area (Å²) in [7, 11) is 0. The van der Waals surface area contributed by atoms with E-state index in [4.69, 9.17) is 0 Å². The van der Waals surface area contributed by atoms with Gasteiger partial charge in [0.2, 0.25) is 0 Å². The number of benzene rings is 1. The van der Waals surface area contributed by atoms with Crippen molar-refractivity contribution < 1.29 is 5.73 Å². The first-order valence-electron chi connectivity index (χ1n) is 2.40. The van der Waals surface area contributed by atoms with Crippen LogP contribution in [0.1, 0.15) is 0 Å². The topological polar surface area (TPSA) is 27.6 Å². The van der Waals surface area contributed by atoms with Gasteiger partial charge in [0.25, 0.3) is 0 Å². The lowest BCUT2D eigenvalue weighted by Gasteiger charge is -1.88. The molecule has 0 aliphatic carbocycles. The molecule has 0 radical (unpaired) electrons. The monoisotopic (exact) mass is 126 g/mol. The van der Waals surface area contributed by atoms with Crippen LogP contribution in [0.25, 0.3) is 0 Å². The second-order valence-corrected chi connectivity index (χ2v) is 2.11. The third-order valence-electron chi connectivity index (χ3n) is 0.992. The summed E-state index contributed by atoms with van der Waals surface area (Å²) in [6.07, 6.45) is 0. The first-order valence-corrected chi connectivity index (χ1v) is 2.85. The van der Waals surface area contributed by atoms with Crippen molar-refractivity contribution in [2.75, 3.05) is 0 Å². The number of quaternary nitrogens is 1. The van der Waals surface area contributed by atoms with E-state index in [0.717, 1.165) is 10.6 Å². The van der Waals surface area contributed by atoms with Crippen LogP contribution in [0.5, 0.6) is 0 Å². The van der Waals surface area contributed by atoms with Crippen molar-refractivity contribution >= 4 is 18.3 Å². The molecule has 0 amide bonds. The molecule has 0 aliphatic rings. The highest BCUT2D eigenvalue weighted by molar-refractivity contribution is 7.80. The van der Waals surface area contributed by atoms with Crippen molar-refractivity contribution in [3.8, 4) is 0 Å². The predicted octanol–water partition coefficient (Wildman–Crippen LogP) is 0.849. The Kier molecular flexibility index (Phi) is 1.56. The zero-order chi connectivity index (χ0) is 5.98. The Bertz CT molecular complexity index is 165. The highest BCUT2D eigenvalue weighted by Crippen LogP contribution is 2.11. The zero-order valence-electron chi connectivity index (χ0n) is 4.46. The molecule has 0 fully saturated rings. The lowest BCUT2D eigenvalue weighted by molar-refractivity contribution is -0.258. The lowest BCUT2D eigenvalue weighted by atomic mass is 10.3. The Labute approximate surface area is 53.9 Å². The van der Waals surface area contributed by atoms with Crippen LogP contribution in [-0.4, -0.2) is 0 Å². The van der Waals surface area contributed by atoms with Gasteiger partial charge in [-0.15, -0.1) is 12.6 Å². The molecule has 1 nitrogen and oxygen atoms in total. The largest absolute Gasteiger partial charge is 0.324 e. The summed E-state index contributed by atoms with van der Waals surface area (Å²) in [6, 6.07) is 7.74. The van der Waals surface area contributed by atoms with E-state index in [0.29, 0.717) is 0 Å². The van der Waals surface area contributed by atoms with Gasteiger partial charge in [-0.3, -0.25) is 0 Å². The van der Waals surface area contributed by atoms with E-state index in [1.54, 1.807) is 0 Å². The molecule has 0 saturated carbocycles. The van der Waals surface area contributed by atoms with Crippen molar-refractivity contribution in [2.45, 2.75) is 4.90 Å². The quantitative estimate of drug-likeness (QED) is 0.482. The van der Waals surface area contributed by atoms with E-state index < -0.39 is 0 Å². The fourth-order valence-corrected chi connectivity index (χ4v) is 0.671. The molecule has 2 heteroatoms. The van der Waals surface area contributed by atoms with Crippen LogP contribution in [0.15, 0.2) is 29.2 Å². The van der Waals surface area contributed by atoms with Crippen LogP contribution < -0.4 is 5.73 Å². The molecular weight excluding hydrogens is 118 g/mol. The zero-order valence-corrected chi connectivity index (χ0v) is 5.36. The molecule has 1 aromatic rings. The van der Waals surface area contributed by atoms with E-state index >= 15 is 0 Å². The van der Waals surface area contributed by atoms with Gasteiger partial charge in [0.05, 0.1) is 4.90 Å². The third-order valence-corrected chi connectivity index (χ3v) is 1.43. The second kappa shape index (κ2) is 2.20. The van der Waals surface area contributed by atoms with Crippen LogP contribution in [0.4, 0.5) is 5.69 Å². The highest BCUT2D eigenvalue weighted by atomic mass is 32.1. The molecular formula is C6H8NS+. The average Bonchev–Trinajstić information content (AvgIpc) is 1.77. The average molecular weight is 126 g/mol. The Morgan fingerprint density at radius 3 is 2.25 bits per heavy atom. The van der Waals surface area contributed by atoms with Gasteiger partial charge in [-0.1, -0.05) is 12.1 Å². The van der Waals surface area contributed by atoms with E-state index in [9.17, 15) is 0 Å². The minimum Gasteiger partial charge on any atom is -0.324 e. The Hall–Kier alpha value is -0.470. The molecule has 1 rings (SSSR count). The van der Waals surface area contributed by atoms with Crippen LogP contribution >= 0.6 is 12.6 Å². The molecule has 0 aliphatic heterocycles. The Morgan fingerprint density at radius 2 is 1.88 bits per heavy atom. The molecule has 3 N–H and O–H groups in total.